The Balaban J connectivity index is 3.08. The van der Waals surface area contributed by atoms with Crippen LogP contribution in [0.25, 0.3) is 0 Å². The van der Waals surface area contributed by atoms with Crippen LogP contribution >= 0.6 is 11.6 Å². The van der Waals surface area contributed by atoms with Gasteiger partial charge in [0.15, 0.2) is 0 Å². The van der Waals surface area contributed by atoms with Crippen LogP contribution in [0.1, 0.15) is 5.69 Å². The predicted molar refractivity (Wildman–Crippen MR) is 43.5 cm³/mol. The van der Waals surface area contributed by atoms with Crippen molar-refractivity contribution in [2.45, 2.75) is 13.3 Å². The number of aromatic nitrogens is 1. The third-order valence-corrected chi connectivity index (χ3v) is 1.81. The van der Waals surface area contributed by atoms with Crippen molar-refractivity contribution in [2.24, 2.45) is 0 Å². The van der Waals surface area contributed by atoms with Gasteiger partial charge in [-0.3, -0.25) is 4.79 Å². The molecule has 1 aromatic heterocycles. The smallest absolute Gasteiger partial charge is 0.390 e. The van der Waals surface area contributed by atoms with Crippen LogP contribution in [0, 0.1) is 6.92 Å². The van der Waals surface area contributed by atoms with Crippen molar-refractivity contribution >= 4 is 11.6 Å². The molecule has 78 valence electrons. The first-order valence-corrected chi connectivity index (χ1v) is 3.82. The van der Waals surface area contributed by atoms with Crippen molar-refractivity contribution in [3.05, 3.63) is 27.0 Å². The van der Waals surface area contributed by atoms with E-state index in [9.17, 15) is 18.0 Å². The van der Waals surface area contributed by atoms with E-state index in [2.05, 4.69) is 9.72 Å². The molecule has 0 saturated carbocycles. The fourth-order valence-electron chi connectivity index (χ4n) is 0.823. The van der Waals surface area contributed by atoms with Gasteiger partial charge in [-0.05, 0) is 6.92 Å². The lowest BCUT2D eigenvalue weighted by Crippen LogP contribution is -2.19. The molecule has 0 spiro atoms. The van der Waals surface area contributed by atoms with E-state index in [0.29, 0.717) is 6.07 Å². The lowest BCUT2D eigenvalue weighted by atomic mass is 10.4. The van der Waals surface area contributed by atoms with Gasteiger partial charge in [0, 0.05) is 11.8 Å². The lowest BCUT2D eigenvalue weighted by molar-refractivity contribution is -0.276. The SMILES string of the molecule is Cc1[nH]c(OC(F)(F)F)cc(=O)c1Cl. The zero-order chi connectivity index (χ0) is 10.9. The minimum absolute atomic E-state index is 0.124. The second-order valence-corrected chi connectivity index (χ2v) is 2.86. The Bertz CT molecular complexity index is 399. The molecule has 0 atom stereocenters. The van der Waals surface area contributed by atoms with Crippen molar-refractivity contribution in [3.8, 4) is 5.88 Å². The van der Waals surface area contributed by atoms with Crippen molar-refractivity contribution in [2.75, 3.05) is 0 Å². The summed E-state index contributed by atoms with van der Waals surface area (Å²) in [6, 6.07) is 0.642. The molecule has 0 bridgehead atoms. The average Bonchev–Trinajstić information content (AvgIpc) is 1.96. The summed E-state index contributed by atoms with van der Waals surface area (Å²) in [6.45, 7) is 1.37. The number of halogens is 4. The number of H-pyrrole nitrogens is 1. The molecular weight excluding hydrogens is 223 g/mol. The van der Waals surface area contributed by atoms with Crippen LogP contribution in [-0.2, 0) is 0 Å². The highest BCUT2D eigenvalue weighted by atomic mass is 35.5. The molecule has 0 fully saturated rings. The molecule has 7 heteroatoms. The normalized spacial score (nSPS) is 11.5. The lowest BCUT2D eigenvalue weighted by Gasteiger charge is -2.09. The van der Waals surface area contributed by atoms with Crippen molar-refractivity contribution < 1.29 is 17.9 Å². The average molecular weight is 228 g/mol. The number of aromatic amines is 1. The zero-order valence-corrected chi connectivity index (χ0v) is 7.66. The highest BCUT2D eigenvalue weighted by molar-refractivity contribution is 6.31. The minimum atomic E-state index is -4.83. The summed E-state index contributed by atoms with van der Waals surface area (Å²) in [6.07, 6.45) is -4.83. The molecule has 1 N–H and O–H groups in total. The predicted octanol–water partition coefficient (Wildman–Crippen LogP) is 2.24. The molecule has 0 aliphatic heterocycles. The Morgan fingerprint density at radius 2 is 2.07 bits per heavy atom. The van der Waals surface area contributed by atoms with Gasteiger partial charge in [-0.25, -0.2) is 0 Å². The number of hydrogen-bond donors (Lipinski definition) is 1. The first-order valence-electron chi connectivity index (χ1n) is 3.45. The van der Waals surface area contributed by atoms with Gasteiger partial charge in [-0.1, -0.05) is 11.6 Å². The van der Waals surface area contributed by atoms with Crippen LogP contribution in [0.2, 0.25) is 5.02 Å². The maximum absolute atomic E-state index is 11.7. The molecule has 0 radical (unpaired) electrons. The maximum atomic E-state index is 11.7. The number of alkyl halides is 3. The summed E-state index contributed by atoms with van der Waals surface area (Å²) in [4.78, 5) is 13.1. The van der Waals surface area contributed by atoms with Gasteiger partial charge in [-0.15, -0.1) is 13.2 Å². The molecule has 1 heterocycles. The Labute approximate surface area is 81.5 Å². The summed E-state index contributed by atoms with van der Waals surface area (Å²) in [7, 11) is 0. The van der Waals surface area contributed by atoms with Gasteiger partial charge in [0.2, 0.25) is 11.3 Å². The molecule has 14 heavy (non-hydrogen) atoms. The topological polar surface area (TPSA) is 42.1 Å². The number of hydrogen-bond acceptors (Lipinski definition) is 2. The summed E-state index contributed by atoms with van der Waals surface area (Å²) in [5.41, 5.74) is -0.597. The first kappa shape index (κ1) is 10.9. The van der Waals surface area contributed by atoms with Gasteiger partial charge >= 0.3 is 6.36 Å². The fraction of sp³-hybridized carbons (Fsp3) is 0.286. The monoisotopic (exact) mass is 227 g/mol. The number of aryl methyl sites for hydroxylation is 1. The van der Waals surface area contributed by atoms with Crippen LogP contribution < -0.4 is 10.2 Å². The third-order valence-electron chi connectivity index (χ3n) is 1.34. The molecule has 3 nitrogen and oxygen atoms in total. The zero-order valence-electron chi connectivity index (χ0n) is 6.91. The van der Waals surface area contributed by atoms with Crippen LogP contribution in [0.5, 0.6) is 5.88 Å². The third kappa shape index (κ3) is 2.66. The standard InChI is InChI=1S/C7H5ClF3NO2/c1-3-6(8)4(13)2-5(12-3)14-7(9,10)11/h2H,1H3,(H,12,13). The van der Waals surface area contributed by atoms with E-state index >= 15 is 0 Å². The van der Waals surface area contributed by atoms with E-state index in [4.69, 9.17) is 11.6 Å². The van der Waals surface area contributed by atoms with E-state index in [1.807, 2.05) is 0 Å². The summed E-state index contributed by atoms with van der Waals surface area (Å²) in [5.74, 6) is -0.676. The van der Waals surface area contributed by atoms with Gasteiger partial charge in [-0.2, -0.15) is 0 Å². The summed E-state index contributed by atoms with van der Waals surface area (Å²) >= 11 is 5.44. The van der Waals surface area contributed by atoms with Crippen LogP contribution in [0.3, 0.4) is 0 Å². The number of rotatable bonds is 1. The Morgan fingerprint density at radius 3 is 2.50 bits per heavy atom. The van der Waals surface area contributed by atoms with Crippen molar-refractivity contribution in [1.29, 1.82) is 0 Å². The summed E-state index contributed by atoms with van der Waals surface area (Å²) < 4.78 is 38.7. The first-order chi connectivity index (χ1) is 6.29. The number of nitrogens with one attached hydrogen (secondary N) is 1. The van der Waals surface area contributed by atoms with Gasteiger partial charge < -0.3 is 9.72 Å². The quantitative estimate of drug-likeness (QED) is 0.799. The molecule has 1 aromatic rings. The molecule has 1 rings (SSSR count). The van der Waals surface area contributed by atoms with Crippen LogP contribution in [0.4, 0.5) is 13.2 Å². The Morgan fingerprint density at radius 1 is 1.50 bits per heavy atom. The molecule has 0 aliphatic carbocycles. The number of ether oxygens (including phenoxy) is 1. The van der Waals surface area contributed by atoms with E-state index < -0.39 is 17.7 Å². The second-order valence-electron chi connectivity index (χ2n) is 2.48. The Kier molecular flexibility index (Phi) is 2.75. The van der Waals surface area contributed by atoms with Crippen LogP contribution in [0.15, 0.2) is 10.9 Å². The second kappa shape index (κ2) is 3.53. The number of pyridine rings is 1. The maximum Gasteiger partial charge on any atom is 0.574 e. The Hall–Kier alpha value is -1.17. The molecule has 0 saturated heterocycles. The van der Waals surface area contributed by atoms with Crippen LogP contribution in [-0.4, -0.2) is 11.3 Å². The van der Waals surface area contributed by atoms with Crippen molar-refractivity contribution in [3.63, 3.8) is 0 Å². The largest absolute Gasteiger partial charge is 0.574 e. The van der Waals surface area contributed by atoms with E-state index in [0.717, 1.165) is 0 Å². The van der Waals surface area contributed by atoms with E-state index in [1.54, 1.807) is 0 Å². The molecular formula is C7H5ClF3NO2. The molecule has 0 aromatic carbocycles. The highest BCUT2D eigenvalue weighted by Gasteiger charge is 2.31. The molecule has 0 aliphatic rings. The van der Waals surface area contributed by atoms with Crippen molar-refractivity contribution in [1.82, 2.24) is 4.98 Å². The van der Waals surface area contributed by atoms with E-state index in [1.165, 1.54) is 6.92 Å². The summed E-state index contributed by atoms with van der Waals surface area (Å²) in [5, 5.41) is -0.153. The van der Waals surface area contributed by atoms with E-state index in [-0.39, 0.29) is 10.7 Å². The minimum Gasteiger partial charge on any atom is -0.390 e. The highest BCUT2D eigenvalue weighted by Crippen LogP contribution is 2.21. The fourth-order valence-corrected chi connectivity index (χ4v) is 0.924. The van der Waals surface area contributed by atoms with Gasteiger partial charge in [0.25, 0.3) is 0 Å². The van der Waals surface area contributed by atoms with Gasteiger partial charge in [0.05, 0.1) is 0 Å². The van der Waals surface area contributed by atoms with Gasteiger partial charge in [0.1, 0.15) is 5.02 Å². The molecule has 0 unspecified atom stereocenters. The molecule has 0 amide bonds.